The summed E-state index contributed by atoms with van der Waals surface area (Å²) < 4.78 is 4.70. The fourth-order valence-electron chi connectivity index (χ4n) is 2.57. The third-order valence-corrected chi connectivity index (χ3v) is 3.58. The Morgan fingerprint density at radius 3 is 2.11 bits per heavy atom. The Labute approximate surface area is 115 Å². The van der Waals surface area contributed by atoms with E-state index < -0.39 is 0 Å². The predicted molar refractivity (Wildman–Crippen MR) is 73.9 cm³/mol. The molecule has 0 unspecified atom stereocenters. The molecule has 0 aromatic rings. The Kier molecular flexibility index (Phi) is 6.67. The van der Waals surface area contributed by atoms with Crippen LogP contribution in [0.4, 0.5) is 4.79 Å². The van der Waals surface area contributed by atoms with Crippen molar-refractivity contribution in [2.24, 2.45) is 5.92 Å². The van der Waals surface area contributed by atoms with E-state index in [0.29, 0.717) is 13.1 Å². The number of piperidine rings is 1. The molecule has 1 heterocycles. The first-order valence-electron chi connectivity index (χ1n) is 7.25. The molecule has 0 aromatic heterocycles. The maximum atomic E-state index is 12.4. The Morgan fingerprint density at radius 2 is 1.68 bits per heavy atom. The van der Waals surface area contributed by atoms with Gasteiger partial charge in [-0.2, -0.15) is 0 Å². The second kappa shape index (κ2) is 8.02. The van der Waals surface area contributed by atoms with E-state index in [-0.39, 0.29) is 17.9 Å². The molecule has 0 bridgehead atoms. The molecule has 0 spiro atoms. The molecule has 19 heavy (non-hydrogen) atoms. The smallest absolute Gasteiger partial charge is 0.409 e. The van der Waals surface area contributed by atoms with E-state index >= 15 is 0 Å². The lowest BCUT2D eigenvalue weighted by Gasteiger charge is -2.33. The molecule has 0 aromatic carbocycles. The summed E-state index contributed by atoms with van der Waals surface area (Å²) in [4.78, 5) is 27.5. The van der Waals surface area contributed by atoms with Crippen LogP contribution in [0.15, 0.2) is 0 Å². The number of hydrogen-bond donors (Lipinski definition) is 0. The SMILES string of the molecule is CCCN(CCC)C(=O)C1CCN(C(=O)OC)CC1. The van der Waals surface area contributed by atoms with Gasteiger partial charge in [-0.05, 0) is 25.7 Å². The maximum absolute atomic E-state index is 12.4. The molecule has 2 amide bonds. The summed E-state index contributed by atoms with van der Waals surface area (Å²) in [5.74, 6) is 0.326. The van der Waals surface area contributed by atoms with Crippen molar-refractivity contribution in [1.82, 2.24) is 9.80 Å². The van der Waals surface area contributed by atoms with Crippen LogP contribution in [0.1, 0.15) is 39.5 Å². The van der Waals surface area contributed by atoms with Crippen LogP contribution < -0.4 is 0 Å². The number of methoxy groups -OCH3 is 1. The van der Waals surface area contributed by atoms with Crippen LogP contribution in [-0.2, 0) is 9.53 Å². The lowest BCUT2D eigenvalue weighted by Crippen LogP contribution is -2.44. The number of amides is 2. The van der Waals surface area contributed by atoms with Crippen LogP contribution in [0.25, 0.3) is 0 Å². The first-order chi connectivity index (χ1) is 9.13. The van der Waals surface area contributed by atoms with Crippen LogP contribution in [0.2, 0.25) is 0 Å². The van der Waals surface area contributed by atoms with Gasteiger partial charge >= 0.3 is 6.09 Å². The molecule has 0 atom stereocenters. The molecule has 5 nitrogen and oxygen atoms in total. The zero-order chi connectivity index (χ0) is 14.3. The summed E-state index contributed by atoms with van der Waals surface area (Å²) in [6, 6.07) is 0. The van der Waals surface area contributed by atoms with Gasteiger partial charge in [0.15, 0.2) is 0 Å². The molecule has 0 saturated carbocycles. The summed E-state index contributed by atoms with van der Waals surface area (Å²) in [6.07, 6.45) is 3.19. The summed E-state index contributed by atoms with van der Waals surface area (Å²) in [5.41, 5.74) is 0. The normalized spacial score (nSPS) is 16.3. The maximum Gasteiger partial charge on any atom is 0.409 e. The third kappa shape index (κ3) is 4.40. The minimum Gasteiger partial charge on any atom is -0.453 e. The molecule has 1 fully saturated rings. The second-order valence-electron chi connectivity index (χ2n) is 5.06. The van der Waals surface area contributed by atoms with E-state index in [1.165, 1.54) is 7.11 Å². The quantitative estimate of drug-likeness (QED) is 0.769. The number of likely N-dealkylation sites (tertiary alicyclic amines) is 1. The van der Waals surface area contributed by atoms with Crippen LogP contribution in [0.3, 0.4) is 0 Å². The largest absolute Gasteiger partial charge is 0.453 e. The van der Waals surface area contributed by atoms with Crippen molar-refractivity contribution in [2.75, 3.05) is 33.3 Å². The van der Waals surface area contributed by atoms with Crippen molar-refractivity contribution in [3.8, 4) is 0 Å². The molecule has 1 saturated heterocycles. The Morgan fingerprint density at radius 1 is 1.16 bits per heavy atom. The van der Waals surface area contributed by atoms with E-state index in [1.807, 2.05) is 4.90 Å². The number of carbonyl (C=O) groups is 2. The van der Waals surface area contributed by atoms with Crippen molar-refractivity contribution < 1.29 is 14.3 Å². The highest BCUT2D eigenvalue weighted by Crippen LogP contribution is 2.20. The molecule has 1 aliphatic heterocycles. The lowest BCUT2D eigenvalue weighted by molar-refractivity contribution is -0.137. The predicted octanol–water partition coefficient (Wildman–Crippen LogP) is 2.11. The highest BCUT2D eigenvalue weighted by Gasteiger charge is 2.29. The standard InChI is InChI=1S/C14H26N2O3/c1-4-8-15(9-5-2)13(17)12-6-10-16(11-7-12)14(18)19-3/h12H,4-11H2,1-3H3. The minimum absolute atomic E-state index is 0.0685. The molecule has 0 aliphatic carbocycles. The number of ether oxygens (including phenoxy) is 1. The molecule has 0 radical (unpaired) electrons. The van der Waals surface area contributed by atoms with Crippen LogP contribution in [0, 0.1) is 5.92 Å². The number of hydrogen-bond acceptors (Lipinski definition) is 3. The van der Waals surface area contributed by atoms with E-state index in [9.17, 15) is 9.59 Å². The molecule has 1 aliphatic rings. The van der Waals surface area contributed by atoms with Crippen molar-refractivity contribution in [3.05, 3.63) is 0 Å². The van der Waals surface area contributed by atoms with Gasteiger partial charge in [0.1, 0.15) is 0 Å². The van der Waals surface area contributed by atoms with Crippen molar-refractivity contribution in [1.29, 1.82) is 0 Å². The summed E-state index contributed by atoms with van der Waals surface area (Å²) in [5, 5.41) is 0. The third-order valence-electron chi connectivity index (χ3n) is 3.58. The van der Waals surface area contributed by atoms with Crippen molar-refractivity contribution in [2.45, 2.75) is 39.5 Å². The first-order valence-corrected chi connectivity index (χ1v) is 7.25. The van der Waals surface area contributed by atoms with Gasteiger partial charge < -0.3 is 14.5 Å². The number of rotatable bonds is 5. The van der Waals surface area contributed by atoms with Gasteiger partial charge in [0.05, 0.1) is 7.11 Å². The van der Waals surface area contributed by atoms with E-state index in [2.05, 4.69) is 13.8 Å². The molecular formula is C14H26N2O3. The monoisotopic (exact) mass is 270 g/mol. The zero-order valence-electron chi connectivity index (χ0n) is 12.4. The topological polar surface area (TPSA) is 49.9 Å². The highest BCUT2D eigenvalue weighted by molar-refractivity contribution is 5.79. The van der Waals surface area contributed by atoms with Gasteiger partial charge in [0, 0.05) is 32.1 Å². The van der Waals surface area contributed by atoms with Gasteiger partial charge in [-0.3, -0.25) is 4.79 Å². The molecule has 0 N–H and O–H groups in total. The fraction of sp³-hybridized carbons (Fsp3) is 0.857. The summed E-state index contributed by atoms with van der Waals surface area (Å²) in [6.45, 7) is 7.10. The lowest BCUT2D eigenvalue weighted by atomic mass is 9.95. The second-order valence-corrected chi connectivity index (χ2v) is 5.06. The van der Waals surface area contributed by atoms with E-state index in [4.69, 9.17) is 4.74 Å². The van der Waals surface area contributed by atoms with Crippen LogP contribution in [-0.4, -0.2) is 55.1 Å². The average molecular weight is 270 g/mol. The Hall–Kier alpha value is -1.26. The molecule has 110 valence electrons. The minimum atomic E-state index is -0.287. The highest BCUT2D eigenvalue weighted by atomic mass is 16.5. The fourth-order valence-corrected chi connectivity index (χ4v) is 2.57. The Balaban J connectivity index is 2.48. The van der Waals surface area contributed by atoms with Crippen molar-refractivity contribution >= 4 is 12.0 Å². The van der Waals surface area contributed by atoms with Gasteiger partial charge in [-0.15, -0.1) is 0 Å². The van der Waals surface area contributed by atoms with Gasteiger partial charge in [0.25, 0.3) is 0 Å². The zero-order valence-corrected chi connectivity index (χ0v) is 12.4. The van der Waals surface area contributed by atoms with Gasteiger partial charge in [-0.1, -0.05) is 13.8 Å². The van der Waals surface area contributed by atoms with Crippen LogP contribution >= 0.6 is 0 Å². The van der Waals surface area contributed by atoms with Gasteiger partial charge in [-0.25, -0.2) is 4.79 Å². The number of nitrogens with zero attached hydrogens (tertiary/aromatic N) is 2. The van der Waals surface area contributed by atoms with Crippen molar-refractivity contribution in [3.63, 3.8) is 0 Å². The molecular weight excluding hydrogens is 244 g/mol. The summed E-state index contributed by atoms with van der Waals surface area (Å²) in [7, 11) is 1.39. The van der Waals surface area contributed by atoms with E-state index in [1.54, 1.807) is 4.90 Å². The van der Waals surface area contributed by atoms with Gasteiger partial charge in [0.2, 0.25) is 5.91 Å². The average Bonchev–Trinajstić information content (AvgIpc) is 2.45. The molecule has 1 rings (SSSR count). The van der Waals surface area contributed by atoms with Crippen LogP contribution in [0.5, 0.6) is 0 Å². The number of carbonyl (C=O) groups excluding carboxylic acids is 2. The molecule has 5 heteroatoms. The Bertz CT molecular complexity index is 293. The van der Waals surface area contributed by atoms with E-state index in [0.717, 1.165) is 38.8 Å². The summed E-state index contributed by atoms with van der Waals surface area (Å²) >= 11 is 0. The first kappa shape index (κ1) is 15.8.